The zero-order chi connectivity index (χ0) is 18.3. The summed E-state index contributed by atoms with van der Waals surface area (Å²) in [6.45, 7) is -0.201. The maximum atomic E-state index is 13.2. The van der Waals surface area contributed by atoms with Crippen LogP contribution in [-0.2, 0) is 21.4 Å². The zero-order valence-corrected chi connectivity index (χ0v) is 14.5. The van der Waals surface area contributed by atoms with Crippen molar-refractivity contribution in [2.24, 2.45) is 0 Å². The number of benzene rings is 3. The largest absolute Gasteiger partial charge is 0.350 e. The van der Waals surface area contributed by atoms with Crippen LogP contribution >= 0.6 is 0 Å². The molecule has 5 nitrogen and oxygen atoms in total. The topological polar surface area (TPSA) is 66.5 Å². The third kappa shape index (κ3) is 2.70. The summed E-state index contributed by atoms with van der Waals surface area (Å²) in [5.74, 6) is -0.844. The van der Waals surface area contributed by atoms with Crippen molar-refractivity contribution < 1.29 is 17.6 Å². The molecule has 0 saturated carbocycles. The van der Waals surface area contributed by atoms with E-state index < -0.39 is 15.9 Å². The van der Waals surface area contributed by atoms with Crippen LogP contribution in [0.4, 0.5) is 10.1 Å². The van der Waals surface area contributed by atoms with E-state index in [2.05, 4.69) is 5.32 Å². The number of anilines is 1. The standard InChI is InChI=1S/C19H15FN2O3S/c20-15-7-1-4-13(10-15)11-21-18(23)12-22-16-8-2-5-14-6-3-9-17(19(14)16)26(22,24)25/h1-10H,11-12H2,(H,21,23). The van der Waals surface area contributed by atoms with E-state index in [1.807, 2.05) is 12.1 Å². The Hall–Kier alpha value is -2.93. The van der Waals surface area contributed by atoms with Gasteiger partial charge in [0.25, 0.3) is 10.0 Å². The third-order valence-electron chi connectivity index (χ3n) is 4.35. The summed E-state index contributed by atoms with van der Waals surface area (Å²) in [6.07, 6.45) is 0. The van der Waals surface area contributed by atoms with Crippen LogP contribution in [0.25, 0.3) is 10.8 Å². The lowest BCUT2D eigenvalue weighted by Crippen LogP contribution is -2.38. The molecule has 1 N–H and O–H groups in total. The Labute approximate surface area is 150 Å². The van der Waals surface area contributed by atoms with Crippen molar-refractivity contribution in [3.05, 3.63) is 72.0 Å². The highest BCUT2D eigenvalue weighted by Gasteiger charge is 2.36. The maximum Gasteiger partial charge on any atom is 0.265 e. The smallest absolute Gasteiger partial charge is 0.265 e. The molecule has 1 heterocycles. The van der Waals surface area contributed by atoms with Crippen molar-refractivity contribution in [2.45, 2.75) is 11.4 Å². The minimum Gasteiger partial charge on any atom is -0.350 e. The third-order valence-corrected chi connectivity index (χ3v) is 6.15. The van der Waals surface area contributed by atoms with Crippen molar-refractivity contribution in [3.63, 3.8) is 0 Å². The van der Waals surface area contributed by atoms with Crippen LogP contribution in [0.1, 0.15) is 5.56 Å². The van der Waals surface area contributed by atoms with Gasteiger partial charge in [-0.3, -0.25) is 9.10 Å². The molecule has 1 aliphatic heterocycles. The molecule has 0 fully saturated rings. The van der Waals surface area contributed by atoms with Crippen LogP contribution in [0, 0.1) is 5.82 Å². The number of carbonyl (C=O) groups excluding carboxylic acids is 1. The van der Waals surface area contributed by atoms with Crippen LogP contribution in [0.5, 0.6) is 0 Å². The van der Waals surface area contributed by atoms with Crippen LogP contribution in [-0.4, -0.2) is 20.9 Å². The number of amides is 1. The SMILES string of the molecule is O=C(CN1c2cccc3cccc(c23)S1(=O)=O)NCc1cccc(F)c1. The van der Waals surface area contributed by atoms with Gasteiger partial charge in [0.15, 0.2) is 0 Å². The Kier molecular flexibility index (Phi) is 3.88. The molecule has 0 spiro atoms. The summed E-state index contributed by atoms with van der Waals surface area (Å²) in [4.78, 5) is 12.5. The predicted octanol–water partition coefficient (Wildman–Crippen LogP) is 2.80. The van der Waals surface area contributed by atoms with Gasteiger partial charge in [0.1, 0.15) is 12.4 Å². The molecular weight excluding hydrogens is 355 g/mol. The van der Waals surface area contributed by atoms with E-state index in [0.717, 1.165) is 9.69 Å². The van der Waals surface area contributed by atoms with E-state index in [9.17, 15) is 17.6 Å². The molecule has 0 radical (unpaired) electrons. The number of rotatable bonds is 4. The van der Waals surface area contributed by atoms with E-state index in [4.69, 9.17) is 0 Å². The van der Waals surface area contributed by atoms with E-state index >= 15 is 0 Å². The molecule has 0 aliphatic carbocycles. The molecule has 0 bridgehead atoms. The fourth-order valence-electron chi connectivity index (χ4n) is 3.16. The molecule has 3 aromatic carbocycles. The van der Waals surface area contributed by atoms with Crippen molar-refractivity contribution in [3.8, 4) is 0 Å². The van der Waals surface area contributed by atoms with E-state index in [0.29, 0.717) is 16.6 Å². The molecule has 4 rings (SSSR count). The van der Waals surface area contributed by atoms with Crippen LogP contribution in [0.3, 0.4) is 0 Å². The Morgan fingerprint density at radius 2 is 1.77 bits per heavy atom. The average molecular weight is 370 g/mol. The van der Waals surface area contributed by atoms with Crippen LogP contribution in [0.15, 0.2) is 65.6 Å². The van der Waals surface area contributed by atoms with Crippen molar-refractivity contribution in [1.29, 1.82) is 0 Å². The molecule has 1 amide bonds. The lowest BCUT2D eigenvalue weighted by molar-refractivity contribution is -0.119. The summed E-state index contributed by atoms with van der Waals surface area (Å²) in [5.41, 5.74) is 1.10. The number of sulfonamides is 1. The van der Waals surface area contributed by atoms with E-state index in [1.165, 1.54) is 12.1 Å². The van der Waals surface area contributed by atoms with Gasteiger partial charge in [-0.15, -0.1) is 0 Å². The van der Waals surface area contributed by atoms with Gasteiger partial charge in [0.05, 0.1) is 10.6 Å². The second-order valence-corrected chi connectivity index (χ2v) is 7.88. The number of halogens is 1. The van der Waals surface area contributed by atoms with Gasteiger partial charge in [0.2, 0.25) is 5.91 Å². The minimum atomic E-state index is -3.77. The predicted molar refractivity (Wildman–Crippen MR) is 96.7 cm³/mol. The normalized spacial score (nSPS) is 14.6. The first-order chi connectivity index (χ1) is 12.5. The highest BCUT2D eigenvalue weighted by Crippen LogP contribution is 2.41. The number of carbonyl (C=O) groups is 1. The van der Waals surface area contributed by atoms with E-state index in [1.54, 1.807) is 36.4 Å². The number of hydrogen-bond donors (Lipinski definition) is 1. The molecule has 132 valence electrons. The molecule has 0 aromatic heterocycles. The van der Waals surface area contributed by atoms with Crippen molar-refractivity contribution >= 4 is 32.4 Å². The second-order valence-electron chi connectivity index (χ2n) is 6.05. The fourth-order valence-corrected chi connectivity index (χ4v) is 4.83. The quantitative estimate of drug-likeness (QED) is 0.768. The lowest BCUT2D eigenvalue weighted by atomic mass is 10.1. The fraction of sp³-hybridized carbons (Fsp3) is 0.105. The van der Waals surface area contributed by atoms with Gasteiger partial charge < -0.3 is 5.32 Å². The van der Waals surface area contributed by atoms with Gasteiger partial charge in [0, 0.05) is 11.9 Å². The van der Waals surface area contributed by atoms with Gasteiger partial charge in [-0.1, -0.05) is 36.4 Å². The Morgan fingerprint density at radius 3 is 2.54 bits per heavy atom. The second kappa shape index (κ2) is 6.10. The highest BCUT2D eigenvalue weighted by molar-refractivity contribution is 7.93. The first kappa shape index (κ1) is 16.5. The summed E-state index contributed by atoms with van der Waals surface area (Å²) in [6, 6.07) is 16.3. The summed E-state index contributed by atoms with van der Waals surface area (Å²) in [7, 11) is -3.77. The number of nitrogens with zero attached hydrogens (tertiary/aromatic N) is 1. The summed E-state index contributed by atoms with van der Waals surface area (Å²) in [5, 5.41) is 4.08. The van der Waals surface area contributed by atoms with Gasteiger partial charge in [-0.05, 0) is 35.2 Å². The Morgan fingerprint density at radius 1 is 1.04 bits per heavy atom. The molecule has 0 unspecified atom stereocenters. The highest BCUT2D eigenvalue weighted by atomic mass is 32.2. The molecule has 0 atom stereocenters. The Bertz CT molecular complexity index is 1120. The van der Waals surface area contributed by atoms with Gasteiger partial charge in [-0.25, -0.2) is 12.8 Å². The molecule has 7 heteroatoms. The van der Waals surface area contributed by atoms with Crippen LogP contribution < -0.4 is 9.62 Å². The molecule has 0 saturated heterocycles. The number of hydrogen-bond acceptors (Lipinski definition) is 3. The lowest BCUT2D eigenvalue weighted by Gasteiger charge is -2.18. The molecule has 3 aromatic rings. The molecule has 26 heavy (non-hydrogen) atoms. The van der Waals surface area contributed by atoms with Crippen LogP contribution in [0.2, 0.25) is 0 Å². The maximum absolute atomic E-state index is 13.2. The number of nitrogens with one attached hydrogen (secondary N) is 1. The van der Waals surface area contributed by atoms with Gasteiger partial charge >= 0.3 is 0 Å². The first-order valence-corrected chi connectivity index (χ1v) is 9.46. The monoisotopic (exact) mass is 370 g/mol. The van der Waals surface area contributed by atoms with Crippen molar-refractivity contribution in [2.75, 3.05) is 10.8 Å². The molecular formula is C19H15FN2O3S. The summed E-state index contributed by atoms with van der Waals surface area (Å²) < 4.78 is 39.9. The van der Waals surface area contributed by atoms with E-state index in [-0.39, 0.29) is 23.8 Å². The summed E-state index contributed by atoms with van der Waals surface area (Å²) >= 11 is 0. The Balaban J connectivity index is 1.57. The zero-order valence-electron chi connectivity index (χ0n) is 13.6. The minimum absolute atomic E-state index is 0.127. The van der Waals surface area contributed by atoms with Crippen molar-refractivity contribution in [1.82, 2.24) is 5.32 Å². The van der Waals surface area contributed by atoms with Gasteiger partial charge in [-0.2, -0.15) is 0 Å². The average Bonchev–Trinajstić information content (AvgIpc) is 2.84. The first-order valence-electron chi connectivity index (χ1n) is 8.02. The molecule has 1 aliphatic rings.